The Kier molecular flexibility index (Phi) is 6.01. The maximum Gasteiger partial charge on any atom is 0.266 e. The minimum absolute atomic E-state index is 0.0628. The molecule has 0 spiro atoms. The van der Waals surface area contributed by atoms with Gasteiger partial charge in [-0.3, -0.25) is 9.59 Å². The number of aryl methyl sites for hydroxylation is 2. The number of amides is 2. The van der Waals surface area contributed by atoms with Crippen LogP contribution in [-0.2, 0) is 11.2 Å². The molecule has 0 saturated heterocycles. The molecule has 1 aromatic heterocycles. The van der Waals surface area contributed by atoms with Crippen LogP contribution in [0.4, 0.5) is 10.7 Å². The fourth-order valence-electron chi connectivity index (χ4n) is 2.30. The van der Waals surface area contributed by atoms with Crippen molar-refractivity contribution in [2.24, 2.45) is 5.41 Å². The largest absolute Gasteiger partial charge is 0.321 e. The second kappa shape index (κ2) is 7.83. The van der Waals surface area contributed by atoms with E-state index >= 15 is 0 Å². The summed E-state index contributed by atoms with van der Waals surface area (Å²) in [6, 6.07) is 9.76. The molecule has 0 aliphatic rings. The summed E-state index contributed by atoms with van der Waals surface area (Å²) in [6.45, 7) is 9.60. The summed E-state index contributed by atoms with van der Waals surface area (Å²) in [6.07, 6.45) is 2.14. The number of anilines is 2. The predicted octanol–water partition coefficient (Wildman–Crippen LogP) is 5.25. The lowest BCUT2D eigenvalue weighted by atomic mass is 9.96. The molecule has 0 radical (unpaired) electrons. The molecule has 0 unspecified atom stereocenters. The standard InChI is InChI=1S/C20H26N2O2S/c1-6-7-14-8-10-15(11-9-14)21-18(23)17-13(2)12-16(25-17)22-19(24)20(3,4)5/h8-12H,6-7H2,1-5H3,(H,21,23)(H,22,24). The average Bonchev–Trinajstić information content (AvgIpc) is 2.89. The van der Waals surface area contributed by atoms with E-state index in [1.807, 2.05) is 58.0 Å². The Morgan fingerprint density at radius 2 is 1.72 bits per heavy atom. The number of benzene rings is 1. The molecule has 4 nitrogen and oxygen atoms in total. The highest BCUT2D eigenvalue weighted by molar-refractivity contribution is 7.18. The van der Waals surface area contributed by atoms with Crippen molar-refractivity contribution in [2.45, 2.75) is 47.5 Å². The number of nitrogens with one attached hydrogen (secondary N) is 2. The molecule has 2 rings (SSSR count). The summed E-state index contributed by atoms with van der Waals surface area (Å²) >= 11 is 1.30. The van der Waals surface area contributed by atoms with Gasteiger partial charge in [-0.1, -0.05) is 46.2 Å². The molecule has 0 aliphatic heterocycles. The molecule has 0 atom stereocenters. The van der Waals surface area contributed by atoms with Crippen molar-refractivity contribution < 1.29 is 9.59 Å². The Labute approximate surface area is 153 Å². The molecule has 25 heavy (non-hydrogen) atoms. The highest BCUT2D eigenvalue weighted by Gasteiger charge is 2.23. The van der Waals surface area contributed by atoms with E-state index in [-0.39, 0.29) is 11.8 Å². The second-order valence-electron chi connectivity index (χ2n) is 7.23. The molecule has 0 bridgehead atoms. The molecule has 1 aromatic carbocycles. The molecule has 134 valence electrons. The lowest BCUT2D eigenvalue weighted by Crippen LogP contribution is -2.27. The third-order valence-corrected chi connectivity index (χ3v) is 4.94. The summed E-state index contributed by atoms with van der Waals surface area (Å²) in [5.41, 5.74) is 2.42. The van der Waals surface area contributed by atoms with Gasteiger partial charge in [-0.2, -0.15) is 0 Å². The van der Waals surface area contributed by atoms with Crippen molar-refractivity contribution in [1.29, 1.82) is 0 Å². The third-order valence-electron chi connectivity index (χ3n) is 3.79. The molecule has 2 N–H and O–H groups in total. The zero-order valence-corrected chi connectivity index (χ0v) is 16.3. The van der Waals surface area contributed by atoms with Crippen molar-refractivity contribution in [2.75, 3.05) is 10.6 Å². The van der Waals surface area contributed by atoms with E-state index in [1.165, 1.54) is 16.9 Å². The first kappa shape index (κ1) is 19.2. The predicted molar refractivity (Wildman–Crippen MR) is 106 cm³/mol. The van der Waals surface area contributed by atoms with Crippen molar-refractivity contribution in [3.8, 4) is 0 Å². The number of thiophene rings is 1. The summed E-state index contributed by atoms with van der Waals surface area (Å²) in [5, 5.41) is 6.50. The first-order valence-corrected chi connectivity index (χ1v) is 9.34. The van der Waals surface area contributed by atoms with Gasteiger partial charge in [0.25, 0.3) is 5.91 Å². The third kappa shape index (κ3) is 5.16. The van der Waals surface area contributed by atoms with Crippen LogP contribution in [0.2, 0.25) is 0 Å². The number of hydrogen-bond acceptors (Lipinski definition) is 3. The molecule has 2 aromatic rings. The summed E-state index contributed by atoms with van der Waals surface area (Å²) < 4.78 is 0. The molecule has 1 heterocycles. The quantitative estimate of drug-likeness (QED) is 0.767. The van der Waals surface area contributed by atoms with Crippen LogP contribution in [0.25, 0.3) is 0 Å². The minimum Gasteiger partial charge on any atom is -0.321 e. The minimum atomic E-state index is -0.472. The molecule has 0 saturated carbocycles. The molecule has 5 heteroatoms. The van der Waals surface area contributed by atoms with Crippen LogP contribution in [0.5, 0.6) is 0 Å². The van der Waals surface area contributed by atoms with Crippen LogP contribution in [0.3, 0.4) is 0 Å². The first-order chi connectivity index (χ1) is 11.7. The SMILES string of the molecule is CCCc1ccc(NC(=O)c2sc(NC(=O)C(C)(C)C)cc2C)cc1. The van der Waals surface area contributed by atoms with Gasteiger partial charge in [0.15, 0.2) is 0 Å². The van der Waals surface area contributed by atoms with Crippen molar-refractivity contribution in [3.63, 3.8) is 0 Å². The maximum atomic E-state index is 12.5. The van der Waals surface area contributed by atoms with E-state index in [1.54, 1.807) is 0 Å². The molecule has 2 amide bonds. The van der Waals surface area contributed by atoms with Gasteiger partial charge in [-0.25, -0.2) is 0 Å². The fourth-order valence-corrected chi connectivity index (χ4v) is 3.26. The van der Waals surface area contributed by atoms with Gasteiger partial charge in [0.2, 0.25) is 5.91 Å². The van der Waals surface area contributed by atoms with E-state index in [2.05, 4.69) is 17.6 Å². The highest BCUT2D eigenvalue weighted by atomic mass is 32.1. The second-order valence-corrected chi connectivity index (χ2v) is 8.28. The monoisotopic (exact) mass is 358 g/mol. The van der Waals surface area contributed by atoms with E-state index in [9.17, 15) is 9.59 Å². The van der Waals surface area contributed by atoms with Gasteiger partial charge in [0.05, 0.1) is 9.88 Å². The molecule has 0 aliphatic carbocycles. The zero-order chi connectivity index (χ0) is 18.6. The molecular formula is C20H26N2O2S. The Morgan fingerprint density at radius 1 is 1.08 bits per heavy atom. The van der Waals surface area contributed by atoms with Crippen molar-refractivity contribution >= 4 is 33.8 Å². The Morgan fingerprint density at radius 3 is 2.28 bits per heavy atom. The average molecular weight is 359 g/mol. The van der Waals surface area contributed by atoms with Crippen LogP contribution in [0, 0.1) is 12.3 Å². The van der Waals surface area contributed by atoms with Crippen LogP contribution < -0.4 is 10.6 Å². The van der Waals surface area contributed by atoms with Crippen LogP contribution >= 0.6 is 11.3 Å². The topological polar surface area (TPSA) is 58.2 Å². The van der Waals surface area contributed by atoms with Crippen LogP contribution in [0.1, 0.15) is 54.9 Å². The van der Waals surface area contributed by atoms with Gasteiger partial charge in [0.1, 0.15) is 0 Å². The summed E-state index contributed by atoms with van der Waals surface area (Å²) in [5.74, 6) is -0.214. The Bertz CT molecular complexity index is 755. The van der Waals surface area contributed by atoms with Gasteiger partial charge >= 0.3 is 0 Å². The lowest BCUT2D eigenvalue weighted by Gasteiger charge is -2.16. The first-order valence-electron chi connectivity index (χ1n) is 8.53. The maximum absolute atomic E-state index is 12.5. The Balaban J connectivity index is 2.08. The highest BCUT2D eigenvalue weighted by Crippen LogP contribution is 2.29. The Hall–Kier alpha value is -2.14. The molecular weight excluding hydrogens is 332 g/mol. The number of carbonyl (C=O) groups excluding carboxylic acids is 2. The number of hydrogen-bond donors (Lipinski definition) is 2. The number of rotatable bonds is 5. The van der Waals surface area contributed by atoms with Gasteiger partial charge < -0.3 is 10.6 Å². The van der Waals surface area contributed by atoms with E-state index in [0.717, 1.165) is 24.1 Å². The zero-order valence-electron chi connectivity index (χ0n) is 15.5. The number of carbonyl (C=O) groups is 2. The van der Waals surface area contributed by atoms with E-state index in [4.69, 9.17) is 0 Å². The molecule has 0 fully saturated rings. The summed E-state index contributed by atoms with van der Waals surface area (Å²) in [7, 11) is 0. The normalized spacial score (nSPS) is 11.2. The van der Waals surface area contributed by atoms with E-state index in [0.29, 0.717) is 9.88 Å². The van der Waals surface area contributed by atoms with Crippen LogP contribution in [0.15, 0.2) is 30.3 Å². The van der Waals surface area contributed by atoms with Crippen molar-refractivity contribution in [3.05, 3.63) is 46.3 Å². The van der Waals surface area contributed by atoms with Crippen molar-refractivity contribution in [1.82, 2.24) is 0 Å². The summed E-state index contributed by atoms with van der Waals surface area (Å²) in [4.78, 5) is 25.2. The smallest absolute Gasteiger partial charge is 0.266 e. The van der Waals surface area contributed by atoms with Gasteiger partial charge in [0, 0.05) is 11.1 Å². The van der Waals surface area contributed by atoms with Gasteiger partial charge in [-0.15, -0.1) is 11.3 Å². The van der Waals surface area contributed by atoms with Crippen LogP contribution in [-0.4, -0.2) is 11.8 Å². The fraction of sp³-hybridized carbons (Fsp3) is 0.400. The van der Waals surface area contributed by atoms with Gasteiger partial charge in [-0.05, 0) is 42.7 Å². The lowest BCUT2D eigenvalue weighted by molar-refractivity contribution is -0.123. The van der Waals surface area contributed by atoms with E-state index < -0.39 is 5.41 Å².